The first-order valence-electron chi connectivity index (χ1n) is 2.56. The zero-order valence-electron chi connectivity index (χ0n) is 5.53. The van der Waals surface area contributed by atoms with Crippen molar-refractivity contribution in [3.63, 3.8) is 0 Å². The monoisotopic (exact) mass is 160 g/mol. The quantitative estimate of drug-likeness (QED) is 0.425. The summed E-state index contributed by atoms with van der Waals surface area (Å²) in [7, 11) is 0. The van der Waals surface area contributed by atoms with Crippen LogP contribution in [0.5, 0.6) is 0 Å². The Kier molecular flexibility index (Phi) is 2.89. The van der Waals surface area contributed by atoms with Crippen LogP contribution in [0.1, 0.15) is 5.56 Å². The molecule has 0 aliphatic rings. The van der Waals surface area contributed by atoms with E-state index in [0.29, 0.717) is 0 Å². The Hall–Kier alpha value is -1.03. The Balaban J connectivity index is 0.000000810. The molecular weight excluding hydrogens is 152 g/mol. The molecule has 0 aliphatic heterocycles. The van der Waals surface area contributed by atoms with Gasteiger partial charge in [0.05, 0.1) is 6.20 Å². The molecule has 0 saturated carbocycles. The number of aromatic nitrogens is 2. The molecule has 0 fully saturated rings. The van der Waals surface area contributed by atoms with E-state index in [9.17, 15) is 0 Å². The Morgan fingerprint density at radius 3 is 2.60 bits per heavy atom. The highest BCUT2D eigenvalue weighted by atomic mass is 35.5. The second-order valence-corrected chi connectivity index (χ2v) is 1.85. The number of nitrogens with zero attached hydrogens (tertiary/aromatic N) is 2. The van der Waals surface area contributed by atoms with Crippen LogP contribution in [0.2, 0.25) is 0 Å². The molecule has 0 aromatic carbocycles. The largest absolute Gasteiger partial charge is 0.368 e. The van der Waals surface area contributed by atoms with Crippen molar-refractivity contribution >= 4 is 18.4 Å². The van der Waals surface area contributed by atoms with Crippen LogP contribution in [0.3, 0.4) is 0 Å². The van der Waals surface area contributed by atoms with Crippen LogP contribution < -0.4 is 5.73 Å². The van der Waals surface area contributed by atoms with Gasteiger partial charge in [0, 0.05) is 6.20 Å². The predicted octanol–water partition coefficient (Wildman–Crippen LogP) is 0.355. The molecule has 4 nitrogen and oxygen atoms in total. The zero-order valence-corrected chi connectivity index (χ0v) is 6.35. The summed E-state index contributed by atoms with van der Waals surface area (Å²) in [6, 6.07) is 0. The number of nitrogens with one attached hydrogen (secondary N) is 1. The molecular formula is C5H9ClN4. The maximum atomic E-state index is 6.93. The molecule has 0 amide bonds. The minimum Gasteiger partial charge on any atom is -0.368 e. The molecule has 0 spiro atoms. The lowest BCUT2D eigenvalue weighted by Crippen LogP contribution is -2.20. The fourth-order valence-corrected chi connectivity index (χ4v) is 0.545. The van der Waals surface area contributed by atoms with Gasteiger partial charge >= 0.3 is 0 Å². The van der Waals surface area contributed by atoms with Crippen molar-refractivity contribution in [3.05, 3.63) is 18.0 Å². The maximum absolute atomic E-state index is 6.93. The van der Waals surface area contributed by atoms with Gasteiger partial charge in [0.25, 0.3) is 0 Å². The molecule has 56 valence electrons. The fourth-order valence-electron chi connectivity index (χ4n) is 0.545. The lowest BCUT2D eigenvalue weighted by molar-refractivity contribution is 0.911. The van der Waals surface area contributed by atoms with E-state index in [-0.39, 0.29) is 18.4 Å². The molecule has 3 N–H and O–H groups in total. The summed E-state index contributed by atoms with van der Waals surface area (Å²) in [5.74, 6) is -0.0527. The lowest BCUT2D eigenvalue weighted by Gasteiger charge is -1.91. The molecule has 1 aromatic heterocycles. The van der Waals surface area contributed by atoms with Crippen molar-refractivity contribution in [2.75, 3.05) is 0 Å². The first-order valence-corrected chi connectivity index (χ1v) is 2.56. The van der Waals surface area contributed by atoms with E-state index in [4.69, 9.17) is 11.1 Å². The third-order valence-electron chi connectivity index (χ3n) is 0.959. The average Bonchev–Trinajstić information content (AvgIpc) is 2.14. The predicted molar refractivity (Wildman–Crippen MR) is 41.5 cm³/mol. The molecule has 10 heavy (non-hydrogen) atoms. The summed E-state index contributed by atoms with van der Waals surface area (Å²) in [5.41, 5.74) is 6.12. The van der Waals surface area contributed by atoms with E-state index >= 15 is 0 Å². The average molecular weight is 161 g/mol. The number of hydrogen-bond acceptors (Lipinski definition) is 2. The van der Waals surface area contributed by atoms with Crippen LogP contribution in [0.15, 0.2) is 12.4 Å². The SMILES string of the molecule is Cc1cnn(C(=N)N)c1.Cl. The van der Waals surface area contributed by atoms with Crippen LogP contribution in [0.25, 0.3) is 0 Å². The summed E-state index contributed by atoms with van der Waals surface area (Å²) >= 11 is 0. The van der Waals surface area contributed by atoms with E-state index in [1.807, 2.05) is 6.92 Å². The van der Waals surface area contributed by atoms with Crippen LogP contribution in [-0.2, 0) is 0 Å². The Bertz CT molecular complexity index is 229. The number of nitrogens with two attached hydrogens (primary N) is 1. The maximum Gasteiger partial charge on any atom is 0.213 e. The highest BCUT2D eigenvalue weighted by Gasteiger charge is 1.92. The van der Waals surface area contributed by atoms with Crippen LogP contribution in [0.4, 0.5) is 0 Å². The first-order chi connectivity index (χ1) is 4.20. The highest BCUT2D eigenvalue weighted by Crippen LogP contribution is 1.90. The van der Waals surface area contributed by atoms with Crippen LogP contribution >= 0.6 is 12.4 Å². The molecule has 0 radical (unpaired) electrons. The highest BCUT2D eigenvalue weighted by molar-refractivity contribution is 5.85. The van der Waals surface area contributed by atoms with E-state index in [0.717, 1.165) is 5.56 Å². The second-order valence-electron chi connectivity index (χ2n) is 1.85. The van der Waals surface area contributed by atoms with Gasteiger partial charge in [-0.15, -0.1) is 12.4 Å². The van der Waals surface area contributed by atoms with Gasteiger partial charge in [0.1, 0.15) is 0 Å². The molecule has 0 unspecified atom stereocenters. The van der Waals surface area contributed by atoms with E-state index in [1.54, 1.807) is 12.4 Å². The molecule has 1 heterocycles. The molecule has 0 bridgehead atoms. The Morgan fingerprint density at radius 2 is 2.40 bits per heavy atom. The minimum atomic E-state index is -0.0527. The summed E-state index contributed by atoms with van der Waals surface area (Å²) in [5, 5.41) is 10.7. The van der Waals surface area contributed by atoms with Crippen molar-refractivity contribution < 1.29 is 0 Å². The number of nitrogen functional groups attached to an aromatic ring is 1. The summed E-state index contributed by atoms with van der Waals surface area (Å²) in [4.78, 5) is 0. The second kappa shape index (κ2) is 3.22. The van der Waals surface area contributed by atoms with Gasteiger partial charge in [-0.25, -0.2) is 4.68 Å². The van der Waals surface area contributed by atoms with Crippen molar-refractivity contribution in [1.82, 2.24) is 9.78 Å². The topological polar surface area (TPSA) is 67.7 Å². The van der Waals surface area contributed by atoms with Crippen molar-refractivity contribution in [3.8, 4) is 0 Å². The normalized spacial score (nSPS) is 8.50. The minimum absolute atomic E-state index is 0. The van der Waals surface area contributed by atoms with E-state index in [2.05, 4.69) is 5.10 Å². The fraction of sp³-hybridized carbons (Fsp3) is 0.200. The van der Waals surface area contributed by atoms with Gasteiger partial charge < -0.3 is 5.73 Å². The Morgan fingerprint density at radius 1 is 1.80 bits per heavy atom. The third-order valence-corrected chi connectivity index (χ3v) is 0.959. The van der Waals surface area contributed by atoms with E-state index in [1.165, 1.54) is 4.68 Å². The smallest absolute Gasteiger partial charge is 0.213 e. The number of hydrogen-bond donors (Lipinski definition) is 2. The number of aryl methyl sites for hydroxylation is 1. The molecule has 0 aliphatic carbocycles. The summed E-state index contributed by atoms with van der Waals surface area (Å²) in [6.45, 7) is 1.90. The van der Waals surface area contributed by atoms with Gasteiger partial charge in [0.15, 0.2) is 0 Å². The van der Waals surface area contributed by atoms with Crippen LogP contribution in [-0.4, -0.2) is 15.7 Å². The Labute approximate surface area is 64.9 Å². The molecule has 0 saturated heterocycles. The standard InChI is InChI=1S/C5H8N4.ClH/c1-4-2-8-9(3-4)5(6)7;/h2-3H,1H3,(H3,6,7);1H. The van der Waals surface area contributed by atoms with Crippen molar-refractivity contribution in [2.24, 2.45) is 5.73 Å². The molecule has 1 rings (SSSR count). The zero-order chi connectivity index (χ0) is 6.85. The van der Waals surface area contributed by atoms with E-state index < -0.39 is 0 Å². The summed E-state index contributed by atoms with van der Waals surface area (Å²) in [6.07, 6.45) is 3.35. The van der Waals surface area contributed by atoms with Gasteiger partial charge in [0.2, 0.25) is 5.96 Å². The van der Waals surface area contributed by atoms with Gasteiger partial charge in [-0.05, 0) is 12.5 Å². The van der Waals surface area contributed by atoms with Crippen LogP contribution in [0, 0.1) is 12.3 Å². The van der Waals surface area contributed by atoms with Gasteiger partial charge in [-0.1, -0.05) is 0 Å². The molecule has 0 atom stereocenters. The van der Waals surface area contributed by atoms with Crippen molar-refractivity contribution in [2.45, 2.75) is 6.92 Å². The molecule has 1 aromatic rings. The summed E-state index contributed by atoms with van der Waals surface area (Å²) < 4.78 is 1.31. The molecule has 5 heteroatoms. The van der Waals surface area contributed by atoms with Gasteiger partial charge in [-0.3, -0.25) is 5.41 Å². The number of halogens is 1. The van der Waals surface area contributed by atoms with Crippen molar-refractivity contribution in [1.29, 1.82) is 5.41 Å². The van der Waals surface area contributed by atoms with Gasteiger partial charge in [-0.2, -0.15) is 5.10 Å². The number of rotatable bonds is 0. The first kappa shape index (κ1) is 8.97. The third kappa shape index (κ3) is 1.73. The lowest BCUT2D eigenvalue weighted by atomic mass is 10.4.